The largest absolute Gasteiger partial charge is 0.466 e. The average molecular weight is 395 g/mol. The van der Waals surface area contributed by atoms with Gasteiger partial charge in [0.05, 0.1) is 24.0 Å². The van der Waals surface area contributed by atoms with E-state index in [2.05, 4.69) is 19.5 Å². The van der Waals surface area contributed by atoms with Gasteiger partial charge in [-0.15, -0.1) is 10.2 Å². The van der Waals surface area contributed by atoms with E-state index in [-0.39, 0.29) is 5.91 Å². The summed E-state index contributed by atoms with van der Waals surface area (Å²) in [5.74, 6) is 2.66. The molecule has 1 saturated heterocycles. The van der Waals surface area contributed by atoms with Gasteiger partial charge in [-0.3, -0.25) is 4.79 Å². The Kier molecular flexibility index (Phi) is 5.26. The van der Waals surface area contributed by atoms with Crippen molar-refractivity contribution in [2.45, 2.75) is 49.2 Å². The molecular formula is C17H22N4O3S2. The molecule has 0 bridgehead atoms. The van der Waals surface area contributed by atoms with Crippen LogP contribution in [0.5, 0.6) is 0 Å². The van der Waals surface area contributed by atoms with E-state index in [1.54, 1.807) is 16.7 Å². The Bertz CT molecular complexity index is 740. The molecule has 0 radical (unpaired) electrons. The molecule has 1 amide bonds. The number of amides is 1. The predicted molar refractivity (Wildman–Crippen MR) is 99.9 cm³/mol. The van der Waals surface area contributed by atoms with Gasteiger partial charge >= 0.3 is 5.97 Å². The number of thioether (sulfide) groups is 2. The molecule has 9 heteroatoms. The topological polar surface area (TPSA) is 77.3 Å². The lowest BCUT2D eigenvalue weighted by molar-refractivity contribution is -0.134. The Hall–Kier alpha value is -1.48. The second-order valence-corrected chi connectivity index (χ2v) is 8.82. The van der Waals surface area contributed by atoms with Crippen LogP contribution in [-0.2, 0) is 14.3 Å². The number of esters is 1. The molecule has 2 aliphatic carbocycles. The number of ether oxygens (including phenoxy) is 1. The van der Waals surface area contributed by atoms with E-state index in [1.165, 1.54) is 56.5 Å². The smallest absolute Gasteiger partial charge is 0.333 e. The van der Waals surface area contributed by atoms with Gasteiger partial charge in [-0.05, 0) is 32.1 Å². The molecule has 2 heterocycles. The first-order valence-corrected chi connectivity index (χ1v) is 10.9. The molecular weight excluding hydrogens is 372 g/mol. The Morgan fingerprint density at radius 1 is 1.35 bits per heavy atom. The summed E-state index contributed by atoms with van der Waals surface area (Å²) in [6.45, 7) is 0.606. The number of hydrogen-bond acceptors (Lipinski definition) is 7. The van der Waals surface area contributed by atoms with E-state index in [0.29, 0.717) is 29.3 Å². The second kappa shape index (κ2) is 7.64. The summed E-state index contributed by atoms with van der Waals surface area (Å²) in [5.41, 5.74) is 0. The van der Waals surface area contributed by atoms with Gasteiger partial charge < -0.3 is 14.2 Å². The normalized spacial score (nSPS) is 21.7. The highest BCUT2D eigenvalue weighted by molar-refractivity contribution is 8.04. The van der Waals surface area contributed by atoms with Gasteiger partial charge in [0.2, 0.25) is 5.91 Å². The highest BCUT2D eigenvalue weighted by Gasteiger charge is 2.36. The van der Waals surface area contributed by atoms with Crippen LogP contribution in [0.25, 0.3) is 0 Å². The minimum absolute atomic E-state index is 0.0484. The first kappa shape index (κ1) is 17.9. The molecule has 1 aromatic rings. The van der Waals surface area contributed by atoms with Crippen LogP contribution in [-0.4, -0.2) is 56.7 Å². The fourth-order valence-corrected chi connectivity index (χ4v) is 4.89. The van der Waals surface area contributed by atoms with Crippen LogP contribution in [0.2, 0.25) is 0 Å². The van der Waals surface area contributed by atoms with Crippen LogP contribution < -0.4 is 0 Å². The number of carbonyl (C=O) groups is 2. The standard InChI is InChI=1S/C17H22N4O3S2/c1-24-15(23)9-14-20(13(22)10-26-14)7-2-8-25-17-19-18-16(11-3-4-11)21(17)12-5-6-12/h9,11-12H,2-8,10H2,1H3/b14-9+. The number of methoxy groups -OCH3 is 1. The van der Waals surface area contributed by atoms with E-state index >= 15 is 0 Å². The first-order chi connectivity index (χ1) is 12.7. The lowest BCUT2D eigenvalue weighted by atomic mass is 10.4. The second-order valence-electron chi connectivity index (χ2n) is 6.76. The maximum absolute atomic E-state index is 12.0. The van der Waals surface area contributed by atoms with Gasteiger partial charge in [-0.2, -0.15) is 0 Å². The van der Waals surface area contributed by atoms with Crippen molar-refractivity contribution in [1.29, 1.82) is 0 Å². The molecule has 0 unspecified atom stereocenters. The Balaban J connectivity index is 1.32. The van der Waals surface area contributed by atoms with Crippen molar-refractivity contribution in [3.05, 3.63) is 16.9 Å². The molecule has 7 nitrogen and oxygen atoms in total. The van der Waals surface area contributed by atoms with Crippen LogP contribution in [0.1, 0.15) is 49.9 Å². The lowest BCUT2D eigenvalue weighted by Gasteiger charge is -2.16. The average Bonchev–Trinajstić information content (AvgIpc) is 3.57. The van der Waals surface area contributed by atoms with Crippen molar-refractivity contribution >= 4 is 35.4 Å². The molecule has 3 aliphatic rings. The third-order valence-corrected chi connectivity index (χ3v) is 6.71. The van der Waals surface area contributed by atoms with Crippen molar-refractivity contribution in [2.24, 2.45) is 0 Å². The zero-order valence-electron chi connectivity index (χ0n) is 14.7. The maximum Gasteiger partial charge on any atom is 0.333 e. The molecule has 140 valence electrons. The Morgan fingerprint density at radius 3 is 2.85 bits per heavy atom. The Morgan fingerprint density at radius 2 is 2.15 bits per heavy atom. The summed E-state index contributed by atoms with van der Waals surface area (Å²) in [7, 11) is 1.34. The molecule has 0 spiro atoms. The minimum atomic E-state index is -0.424. The monoisotopic (exact) mass is 394 g/mol. The molecule has 2 saturated carbocycles. The molecule has 26 heavy (non-hydrogen) atoms. The fraction of sp³-hybridized carbons (Fsp3) is 0.647. The number of aromatic nitrogens is 3. The predicted octanol–water partition coefficient (Wildman–Crippen LogP) is 2.56. The van der Waals surface area contributed by atoms with Crippen molar-refractivity contribution in [2.75, 3.05) is 25.2 Å². The van der Waals surface area contributed by atoms with Gasteiger partial charge in [0.25, 0.3) is 0 Å². The summed E-state index contributed by atoms with van der Waals surface area (Å²) in [6, 6.07) is 0.592. The van der Waals surface area contributed by atoms with Gasteiger partial charge in [-0.25, -0.2) is 4.79 Å². The van der Waals surface area contributed by atoms with E-state index in [0.717, 1.165) is 17.3 Å². The zero-order chi connectivity index (χ0) is 18.1. The van der Waals surface area contributed by atoms with Crippen molar-refractivity contribution in [3.8, 4) is 0 Å². The molecule has 3 fully saturated rings. The number of nitrogens with zero attached hydrogens (tertiary/aromatic N) is 4. The quantitative estimate of drug-likeness (QED) is 0.290. The van der Waals surface area contributed by atoms with E-state index in [1.807, 2.05) is 0 Å². The third-order valence-electron chi connectivity index (χ3n) is 4.66. The van der Waals surface area contributed by atoms with Crippen molar-refractivity contribution < 1.29 is 14.3 Å². The molecule has 0 aromatic carbocycles. The summed E-state index contributed by atoms with van der Waals surface area (Å²) in [6.07, 6.45) is 7.16. The first-order valence-electron chi connectivity index (χ1n) is 8.97. The number of carbonyl (C=O) groups excluding carboxylic acids is 2. The van der Waals surface area contributed by atoms with E-state index in [9.17, 15) is 9.59 Å². The Labute approximate surface area is 160 Å². The summed E-state index contributed by atoms with van der Waals surface area (Å²) < 4.78 is 7.01. The van der Waals surface area contributed by atoms with Gasteiger partial charge in [0.1, 0.15) is 5.82 Å². The van der Waals surface area contributed by atoms with Crippen LogP contribution in [0.3, 0.4) is 0 Å². The zero-order valence-corrected chi connectivity index (χ0v) is 16.4. The van der Waals surface area contributed by atoms with Crippen LogP contribution >= 0.6 is 23.5 Å². The van der Waals surface area contributed by atoms with Crippen LogP contribution in [0, 0.1) is 0 Å². The van der Waals surface area contributed by atoms with Crippen molar-refractivity contribution in [1.82, 2.24) is 19.7 Å². The molecule has 1 aliphatic heterocycles. The van der Waals surface area contributed by atoms with Gasteiger partial charge in [-0.1, -0.05) is 23.5 Å². The lowest BCUT2D eigenvalue weighted by Crippen LogP contribution is -2.26. The number of hydrogen-bond donors (Lipinski definition) is 0. The molecule has 1 aromatic heterocycles. The third kappa shape index (κ3) is 3.93. The van der Waals surface area contributed by atoms with Crippen LogP contribution in [0.15, 0.2) is 16.3 Å². The van der Waals surface area contributed by atoms with Crippen molar-refractivity contribution in [3.63, 3.8) is 0 Å². The van der Waals surface area contributed by atoms with Gasteiger partial charge in [0.15, 0.2) is 5.16 Å². The molecule has 0 N–H and O–H groups in total. The van der Waals surface area contributed by atoms with E-state index < -0.39 is 5.97 Å². The maximum atomic E-state index is 12.0. The summed E-state index contributed by atoms with van der Waals surface area (Å²) in [4.78, 5) is 25.2. The summed E-state index contributed by atoms with van der Waals surface area (Å²) >= 11 is 3.11. The highest BCUT2D eigenvalue weighted by Crippen LogP contribution is 2.46. The van der Waals surface area contributed by atoms with E-state index in [4.69, 9.17) is 0 Å². The minimum Gasteiger partial charge on any atom is -0.466 e. The number of rotatable bonds is 8. The van der Waals surface area contributed by atoms with Crippen LogP contribution in [0.4, 0.5) is 0 Å². The SMILES string of the molecule is COC(=O)/C=C1/SCC(=O)N1CCCSc1nnc(C2CC2)n1C1CC1. The molecule has 4 rings (SSSR count). The molecule has 0 atom stereocenters. The van der Waals surface area contributed by atoms with Gasteiger partial charge in [0, 0.05) is 24.3 Å². The summed E-state index contributed by atoms with van der Waals surface area (Å²) in [5, 5.41) is 10.5. The fourth-order valence-electron chi connectivity index (χ4n) is 3.00. The highest BCUT2D eigenvalue weighted by atomic mass is 32.2.